The Bertz CT molecular complexity index is 816. The quantitative estimate of drug-likeness (QED) is 0.765. The monoisotopic (exact) mass is 343 g/mol. The highest BCUT2D eigenvalue weighted by molar-refractivity contribution is 7.18. The molecule has 0 spiro atoms. The number of nitrogens with zero attached hydrogens (tertiary/aromatic N) is 2. The maximum atomic E-state index is 13.5. The summed E-state index contributed by atoms with van der Waals surface area (Å²) < 4.78 is 14.6. The molecule has 0 saturated heterocycles. The number of hydrogen-bond acceptors (Lipinski definition) is 3. The van der Waals surface area contributed by atoms with Gasteiger partial charge in [0.2, 0.25) is 0 Å². The lowest BCUT2D eigenvalue weighted by Crippen LogP contribution is -2.37. The molecule has 0 bridgehead atoms. The number of hydrogen-bond donors (Lipinski definition) is 1. The number of benzene rings is 2. The largest absolute Gasteiger partial charge is 0.338 e. The lowest BCUT2D eigenvalue weighted by atomic mass is 10.1. The van der Waals surface area contributed by atoms with Gasteiger partial charge < -0.3 is 10.2 Å². The molecular weight excluding hydrogens is 325 g/mol. The van der Waals surface area contributed by atoms with E-state index in [2.05, 4.69) is 10.3 Å². The fourth-order valence-electron chi connectivity index (χ4n) is 2.40. The predicted octanol–water partition coefficient (Wildman–Crippen LogP) is 3.82. The Morgan fingerprint density at radius 2 is 1.96 bits per heavy atom. The zero-order valence-corrected chi connectivity index (χ0v) is 14.1. The van der Waals surface area contributed by atoms with Gasteiger partial charge in [0.15, 0.2) is 0 Å². The molecule has 124 valence electrons. The number of halogens is 1. The molecule has 2 amide bonds. The van der Waals surface area contributed by atoms with Crippen LogP contribution in [0.25, 0.3) is 10.2 Å². The molecule has 4 nitrogen and oxygen atoms in total. The van der Waals surface area contributed by atoms with Crippen LogP contribution in [0.1, 0.15) is 10.6 Å². The van der Waals surface area contributed by atoms with Crippen LogP contribution in [0.5, 0.6) is 0 Å². The van der Waals surface area contributed by atoms with Gasteiger partial charge in [-0.25, -0.2) is 14.2 Å². The van der Waals surface area contributed by atoms with Gasteiger partial charge in [-0.3, -0.25) is 0 Å². The molecule has 6 heteroatoms. The maximum Gasteiger partial charge on any atom is 0.317 e. The van der Waals surface area contributed by atoms with Crippen LogP contribution in [0.2, 0.25) is 0 Å². The number of carbonyl (C=O) groups is 1. The Morgan fingerprint density at radius 1 is 1.21 bits per heavy atom. The van der Waals surface area contributed by atoms with Gasteiger partial charge in [0.1, 0.15) is 10.8 Å². The highest BCUT2D eigenvalue weighted by atomic mass is 32.1. The number of carbonyl (C=O) groups excluding carboxylic acids is 1. The Hall–Kier alpha value is -2.47. The first-order valence-corrected chi connectivity index (χ1v) is 8.52. The number of urea groups is 1. The summed E-state index contributed by atoms with van der Waals surface area (Å²) in [6.07, 6.45) is 0.466. The highest BCUT2D eigenvalue weighted by Gasteiger charge is 2.12. The molecule has 0 aliphatic carbocycles. The van der Waals surface area contributed by atoms with Gasteiger partial charge in [0.05, 0.1) is 16.8 Å². The summed E-state index contributed by atoms with van der Waals surface area (Å²) in [5, 5.41) is 3.70. The Labute approximate surface area is 143 Å². The third-order valence-corrected chi connectivity index (χ3v) is 4.71. The van der Waals surface area contributed by atoms with Gasteiger partial charge in [-0.15, -0.1) is 11.3 Å². The van der Waals surface area contributed by atoms with Gasteiger partial charge in [0, 0.05) is 13.6 Å². The molecule has 0 saturated carbocycles. The molecular formula is C18H18FN3OS. The van der Waals surface area contributed by atoms with Gasteiger partial charge in [-0.05, 0) is 30.2 Å². The van der Waals surface area contributed by atoms with Crippen molar-refractivity contribution in [3.05, 3.63) is 64.9 Å². The fraction of sp³-hybridized carbons (Fsp3) is 0.222. The zero-order valence-electron chi connectivity index (χ0n) is 13.3. The van der Waals surface area contributed by atoms with Crippen LogP contribution in [0, 0.1) is 5.82 Å². The molecule has 2 aromatic carbocycles. The number of rotatable bonds is 5. The molecule has 1 heterocycles. The fourth-order valence-corrected chi connectivity index (χ4v) is 3.42. The molecule has 0 aliphatic rings. The second-order valence-corrected chi connectivity index (χ2v) is 6.62. The molecule has 1 N–H and O–H groups in total. The predicted molar refractivity (Wildman–Crippen MR) is 94.6 cm³/mol. The number of aromatic nitrogens is 1. The lowest BCUT2D eigenvalue weighted by Gasteiger charge is -2.16. The van der Waals surface area contributed by atoms with Crippen molar-refractivity contribution >= 4 is 27.6 Å². The van der Waals surface area contributed by atoms with Crippen LogP contribution in [-0.4, -0.2) is 29.5 Å². The van der Waals surface area contributed by atoms with Gasteiger partial charge in [0.25, 0.3) is 0 Å². The van der Waals surface area contributed by atoms with E-state index >= 15 is 0 Å². The van der Waals surface area contributed by atoms with Crippen LogP contribution in [0.15, 0.2) is 48.5 Å². The zero-order chi connectivity index (χ0) is 16.9. The van der Waals surface area contributed by atoms with Crippen LogP contribution >= 0.6 is 11.3 Å². The Kier molecular flexibility index (Phi) is 5.05. The molecule has 0 fully saturated rings. The van der Waals surface area contributed by atoms with Crippen molar-refractivity contribution in [1.82, 2.24) is 15.2 Å². The van der Waals surface area contributed by atoms with Crippen LogP contribution in [0.3, 0.4) is 0 Å². The van der Waals surface area contributed by atoms with Crippen molar-refractivity contribution in [2.45, 2.75) is 13.0 Å². The van der Waals surface area contributed by atoms with E-state index < -0.39 is 0 Å². The molecule has 1 aromatic heterocycles. The summed E-state index contributed by atoms with van der Waals surface area (Å²) >= 11 is 1.58. The Morgan fingerprint density at radius 3 is 2.75 bits per heavy atom. The second-order valence-electron chi connectivity index (χ2n) is 5.50. The number of nitrogens with one attached hydrogen (secondary N) is 1. The normalized spacial score (nSPS) is 10.8. The number of thiazole rings is 1. The average molecular weight is 343 g/mol. The minimum atomic E-state index is -0.241. The standard InChI is InChI=1S/C18H18FN3OS/c1-22(12-17-21-15-8-4-5-9-16(15)24-17)18(23)20-11-10-13-6-2-3-7-14(13)19/h2-9H,10-12H2,1H3,(H,20,23). The van der Waals surface area contributed by atoms with E-state index in [0.29, 0.717) is 25.1 Å². The third kappa shape index (κ3) is 3.89. The first-order valence-electron chi connectivity index (χ1n) is 7.70. The van der Waals surface area contributed by atoms with Crippen LogP contribution < -0.4 is 5.32 Å². The van der Waals surface area contributed by atoms with Crippen molar-refractivity contribution in [1.29, 1.82) is 0 Å². The topological polar surface area (TPSA) is 45.2 Å². The number of para-hydroxylation sites is 1. The molecule has 0 unspecified atom stereocenters. The molecule has 24 heavy (non-hydrogen) atoms. The SMILES string of the molecule is CN(Cc1nc2ccccc2s1)C(=O)NCCc1ccccc1F. The van der Waals surface area contributed by atoms with Crippen molar-refractivity contribution < 1.29 is 9.18 Å². The summed E-state index contributed by atoms with van der Waals surface area (Å²) in [4.78, 5) is 18.2. The average Bonchev–Trinajstić information content (AvgIpc) is 2.98. The first kappa shape index (κ1) is 16.4. The Balaban J connectivity index is 1.52. The minimum Gasteiger partial charge on any atom is -0.338 e. The summed E-state index contributed by atoms with van der Waals surface area (Å²) in [6, 6.07) is 14.3. The van der Waals surface area contributed by atoms with E-state index in [4.69, 9.17) is 0 Å². The third-order valence-electron chi connectivity index (χ3n) is 3.69. The van der Waals surface area contributed by atoms with E-state index in [1.54, 1.807) is 41.5 Å². The van der Waals surface area contributed by atoms with Crippen molar-refractivity contribution in [3.63, 3.8) is 0 Å². The van der Waals surface area contributed by atoms with E-state index in [-0.39, 0.29) is 11.8 Å². The van der Waals surface area contributed by atoms with Crippen molar-refractivity contribution in [2.75, 3.05) is 13.6 Å². The van der Waals surface area contributed by atoms with Gasteiger partial charge in [-0.2, -0.15) is 0 Å². The van der Waals surface area contributed by atoms with Gasteiger partial charge in [-0.1, -0.05) is 30.3 Å². The van der Waals surface area contributed by atoms with E-state index in [9.17, 15) is 9.18 Å². The molecule has 3 aromatic rings. The molecule has 0 atom stereocenters. The van der Waals surface area contributed by atoms with Crippen LogP contribution in [0.4, 0.5) is 9.18 Å². The van der Waals surface area contributed by atoms with Crippen molar-refractivity contribution in [2.24, 2.45) is 0 Å². The molecule has 0 radical (unpaired) electrons. The molecule has 3 rings (SSSR count). The van der Waals surface area contributed by atoms with Gasteiger partial charge >= 0.3 is 6.03 Å². The molecule has 0 aliphatic heterocycles. The van der Waals surface area contributed by atoms with Crippen LogP contribution in [-0.2, 0) is 13.0 Å². The van der Waals surface area contributed by atoms with E-state index in [0.717, 1.165) is 15.2 Å². The van der Waals surface area contributed by atoms with Crippen molar-refractivity contribution in [3.8, 4) is 0 Å². The minimum absolute atomic E-state index is 0.189. The highest BCUT2D eigenvalue weighted by Crippen LogP contribution is 2.22. The summed E-state index contributed by atoms with van der Waals surface area (Å²) in [5.74, 6) is -0.241. The smallest absolute Gasteiger partial charge is 0.317 e. The lowest BCUT2D eigenvalue weighted by molar-refractivity contribution is 0.207. The summed E-state index contributed by atoms with van der Waals surface area (Å²) in [7, 11) is 1.73. The number of amides is 2. The number of fused-ring (bicyclic) bond motifs is 1. The summed E-state index contributed by atoms with van der Waals surface area (Å²) in [5.41, 5.74) is 1.55. The summed E-state index contributed by atoms with van der Waals surface area (Å²) in [6.45, 7) is 0.842. The second kappa shape index (κ2) is 7.40. The van der Waals surface area contributed by atoms with E-state index in [1.807, 2.05) is 24.3 Å². The van der Waals surface area contributed by atoms with E-state index in [1.165, 1.54) is 6.07 Å². The first-order chi connectivity index (χ1) is 11.6. The maximum absolute atomic E-state index is 13.5.